The second kappa shape index (κ2) is 10.9. The van der Waals surface area contributed by atoms with Crippen LogP contribution in [-0.4, -0.2) is 89.0 Å². The first-order valence-corrected chi connectivity index (χ1v) is 12.7. The molecule has 2 aliphatic rings. The van der Waals surface area contributed by atoms with Crippen molar-refractivity contribution in [2.75, 3.05) is 46.4 Å². The van der Waals surface area contributed by atoms with E-state index in [-0.39, 0.29) is 17.6 Å². The molecule has 0 N–H and O–H groups in total. The molecule has 2 atom stereocenters. The lowest BCUT2D eigenvalue weighted by atomic mass is 10.1. The number of aromatic nitrogens is 2. The van der Waals surface area contributed by atoms with E-state index < -0.39 is 11.2 Å². The number of esters is 1. The number of carbonyl (C=O) groups is 2. The molecule has 0 saturated carbocycles. The van der Waals surface area contributed by atoms with E-state index >= 15 is 0 Å². The van der Waals surface area contributed by atoms with E-state index in [0.29, 0.717) is 47.9 Å². The molecule has 1 amide bonds. The summed E-state index contributed by atoms with van der Waals surface area (Å²) in [5.74, 6) is -0.446. The number of thioether (sulfide) groups is 1. The van der Waals surface area contributed by atoms with Crippen LogP contribution in [0.15, 0.2) is 28.2 Å². The summed E-state index contributed by atoms with van der Waals surface area (Å²) in [7, 11) is 1.31. The Hall–Kier alpha value is -2.43. The van der Waals surface area contributed by atoms with Gasteiger partial charge in [-0.3, -0.25) is 14.2 Å². The van der Waals surface area contributed by atoms with E-state index in [2.05, 4.69) is 11.8 Å². The van der Waals surface area contributed by atoms with Gasteiger partial charge in [-0.05, 0) is 44.5 Å². The zero-order valence-corrected chi connectivity index (χ0v) is 20.8. The van der Waals surface area contributed by atoms with Crippen molar-refractivity contribution in [3.63, 3.8) is 0 Å². The van der Waals surface area contributed by atoms with Crippen molar-refractivity contribution in [2.45, 2.75) is 49.7 Å². The SMILES string of the molecule is CCN1CCN(C(=O)C(C)Sc2nc3cc(C(=O)OC)ccc3c(=O)n2CC2CCCO2)CC1. The Morgan fingerprint density at radius 2 is 2.03 bits per heavy atom. The monoisotopic (exact) mass is 488 g/mol. The van der Waals surface area contributed by atoms with Gasteiger partial charge >= 0.3 is 5.97 Å². The lowest BCUT2D eigenvalue weighted by Gasteiger charge is -2.35. The Morgan fingerprint density at radius 1 is 1.26 bits per heavy atom. The van der Waals surface area contributed by atoms with E-state index in [4.69, 9.17) is 14.5 Å². The average molecular weight is 489 g/mol. The number of hydrogen-bond donors (Lipinski definition) is 0. The maximum atomic E-state index is 13.4. The number of likely N-dealkylation sites (N-methyl/N-ethyl adjacent to an activating group) is 1. The van der Waals surface area contributed by atoms with Gasteiger partial charge in [0.25, 0.3) is 5.56 Å². The number of hydrogen-bond acceptors (Lipinski definition) is 8. The standard InChI is InChI=1S/C24H32N4O5S/c1-4-26-9-11-27(12-10-26)21(29)16(2)34-24-25-20-14-17(23(31)32-3)7-8-19(20)22(30)28(24)15-18-6-5-13-33-18/h7-8,14,16,18H,4-6,9-13,15H2,1-3H3. The number of methoxy groups -OCH3 is 1. The molecule has 9 nitrogen and oxygen atoms in total. The third-order valence-corrected chi connectivity index (χ3v) is 7.59. The molecular formula is C24H32N4O5S. The summed E-state index contributed by atoms with van der Waals surface area (Å²) in [6.07, 6.45) is 1.79. The first-order chi connectivity index (χ1) is 16.4. The fraction of sp³-hybridized carbons (Fsp3) is 0.583. The predicted octanol–water partition coefficient (Wildman–Crippen LogP) is 2.01. The van der Waals surface area contributed by atoms with Crippen LogP contribution in [0.5, 0.6) is 0 Å². The van der Waals surface area contributed by atoms with Crippen LogP contribution in [0.3, 0.4) is 0 Å². The number of benzene rings is 1. The van der Waals surface area contributed by atoms with Crippen LogP contribution >= 0.6 is 11.8 Å². The number of rotatable bonds is 7. The van der Waals surface area contributed by atoms with E-state index in [0.717, 1.165) is 32.5 Å². The van der Waals surface area contributed by atoms with Crippen molar-refractivity contribution in [2.24, 2.45) is 0 Å². The van der Waals surface area contributed by atoms with Gasteiger partial charge in [0.1, 0.15) is 0 Å². The Morgan fingerprint density at radius 3 is 2.68 bits per heavy atom. The number of nitrogens with zero attached hydrogens (tertiary/aromatic N) is 4. The van der Waals surface area contributed by atoms with Crippen molar-refractivity contribution in [1.82, 2.24) is 19.4 Å². The van der Waals surface area contributed by atoms with Gasteiger partial charge in [-0.2, -0.15) is 0 Å². The lowest BCUT2D eigenvalue weighted by Crippen LogP contribution is -2.50. The quantitative estimate of drug-likeness (QED) is 0.332. The summed E-state index contributed by atoms with van der Waals surface area (Å²) in [4.78, 5) is 47.6. The highest BCUT2D eigenvalue weighted by Crippen LogP contribution is 2.26. The third kappa shape index (κ3) is 5.29. The van der Waals surface area contributed by atoms with Crippen LogP contribution in [0.25, 0.3) is 10.9 Å². The van der Waals surface area contributed by atoms with Crippen LogP contribution in [-0.2, 0) is 20.8 Å². The highest BCUT2D eigenvalue weighted by atomic mass is 32.2. The number of amides is 1. The molecule has 10 heteroatoms. The van der Waals surface area contributed by atoms with Gasteiger partial charge in [0.15, 0.2) is 5.16 Å². The molecule has 184 valence electrons. The molecule has 34 heavy (non-hydrogen) atoms. The molecule has 0 radical (unpaired) electrons. The topological polar surface area (TPSA) is 94.0 Å². The molecule has 2 saturated heterocycles. The van der Waals surface area contributed by atoms with Crippen molar-refractivity contribution in [3.05, 3.63) is 34.1 Å². The normalized spacial score (nSPS) is 20.0. The van der Waals surface area contributed by atoms with Crippen LogP contribution in [0.4, 0.5) is 0 Å². The van der Waals surface area contributed by atoms with Gasteiger partial charge in [-0.15, -0.1) is 0 Å². The van der Waals surface area contributed by atoms with Crippen molar-refractivity contribution in [3.8, 4) is 0 Å². The number of piperazine rings is 1. The molecule has 1 aromatic heterocycles. The second-order valence-electron chi connectivity index (χ2n) is 8.69. The van der Waals surface area contributed by atoms with Crippen molar-refractivity contribution in [1.29, 1.82) is 0 Å². The summed E-state index contributed by atoms with van der Waals surface area (Å²) < 4.78 is 12.2. The lowest BCUT2D eigenvalue weighted by molar-refractivity contribution is -0.132. The van der Waals surface area contributed by atoms with E-state index in [1.807, 2.05) is 11.8 Å². The highest BCUT2D eigenvalue weighted by Gasteiger charge is 2.28. The largest absolute Gasteiger partial charge is 0.465 e. The molecule has 2 aromatic rings. The fourth-order valence-electron chi connectivity index (χ4n) is 4.44. The minimum Gasteiger partial charge on any atom is -0.465 e. The smallest absolute Gasteiger partial charge is 0.337 e. The zero-order chi connectivity index (χ0) is 24.2. The molecule has 2 fully saturated rings. The number of ether oxygens (including phenoxy) is 2. The van der Waals surface area contributed by atoms with E-state index in [9.17, 15) is 14.4 Å². The molecule has 4 rings (SSSR count). The Labute approximate surface area is 203 Å². The van der Waals surface area contributed by atoms with Crippen LogP contribution < -0.4 is 5.56 Å². The van der Waals surface area contributed by atoms with Gasteiger partial charge in [-0.1, -0.05) is 18.7 Å². The average Bonchev–Trinajstić information content (AvgIpc) is 3.38. The van der Waals surface area contributed by atoms with E-state index in [1.54, 1.807) is 22.8 Å². The van der Waals surface area contributed by atoms with Gasteiger partial charge < -0.3 is 19.3 Å². The summed E-state index contributed by atoms with van der Waals surface area (Å²) in [6, 6.07) is 4.75. The summed E-state index contributed by atoms with van der Waals surface area (Å²) in [5.41, 5.74) is 0.540. The van der Waals surface area contributed by atoms with Crippen LogP contribution in [0, 0.1) is 0 Å². The summed E-state index contributed by atoms with van der Waals surface area (Å²) in [6.45, 7) is 9.18. The molecule has 0 aliphatic carbocycles. The molecule has 2 unspecified atom stereocenters. The number of fused-ring (bicyclic) bond motifs is 1. The van der Waals surface area contributed by atoms with Crippen molar-refractivity contribution < 1.29 is 19.1 Å². The summed E-state index contributed by atoms with van der Waals surface area (Å²) in [5, 5.41) is 0.477. The highest BCUT2D eigenvalue weighted by molar-refractivity contribution is 8.00. The molecular weight excluding hydrogens is 456 g/mol. The Balaban J connectivity index is 1.64. The van der Waals surface area contributed by atoms with Crippen LogP contribution in [0.2, 0.25) is 0 Å². The maximum absolute atomic E-state index is 13.4. The van der Waals surface area contributed by atoms with Gasteiger partial charge in [0.05, 0.1) is 41.5 Å². The van der Waals surface area contributed by atoms with Gasteiger partial charge in [0.2, 0.25) is 5.91 Å². The minimum atomic E-state index is -0.490. The zero-order valence-electron chi connectivity index (χ0n) is 20.0. The van der Waals surface area contributed by atoms with E-state index in [1.165, 1.54) is 18.9 Å². The van der Waals surface area contributed by atoms with Gasteiger partial charge in [-0.25, -0.2) is 9.78 Å². The summed E-state index contributed by atoms with van der Waals surface area (Å²) >= 11 is 1.29. The van der Waals surface area contributed by atoms with Gasteiger partial charge in [0, 0.05) is 32.8 Å². The van der Waals surface area contributed by atoms with Crippen LogP contribution in [0.1, 0.15) is 37.0 Å². The first-order valence-electron chi connectivity index (χ1n) is 11.8. The Kier molecular flexibility index (Phi) is 7.90. The predicted molar refractivity (Wildman–Crippen MR) is 130 cm³/mol. The fourth-order valence-corrected chi connectivity index (χ4v) is 5.44. The second-order valence-corrected chi connectivity index (χ2v) is 10.00. The molecule has 0 spiro atoms. The molecule has 0 bridgehead atoms. The molecule has 1 aromatic carbocycles. The third-order valence-electron chi connectivity index (χ3n) is 6.51. The minimum absolute atomic E-state index is 0.0436. The maximum Gasteiger partial charge on any atom is 0.337 e. The number of carbonyl (C=O) groups excluding carboxylic acids is 2. The van der Waals surface area contributed by atoms with Crippen molar-refractivity contribution >= 4 is 34.5 Å². The molecule has 2 aliphatic heterocycles. The molecule has 3 heterocycles. The Bertz CT molecular complexity index is 1110. The first kappa shape index (κ1) is 24.7.